The molecule has 0 aromatic heterocycles. The molecule has 0 aliphatic carbocycles. The van der Waals surface area contributed by atoms with Crippen LogP contribution in [0.25, 0.3) is 0 Å². The van der Waals surface area contributed by atoms with Gasteiger partial charge >= 0.3 is 0 Å². The van der Waals surface area contributed by atoms with Gasteiger partial charge in [-0.25, -0.2) is 0 Å². The first-order valence-electron chi connectivity index (χ1n) is 7.64. The second-order valence-corrected chi connectivity index (χ2v) is 6.10. The molecule has 1 aromatic rings. The van der Waals surface area contributed by atoms with Crippen LogP contribution in [0.3, 0.4) is 0 Å². The van der Waals surface area contributed by atoms with Gasteiger partial charge in [-0.2, -0.15) is 0 Å². The van der Waals surface area contributed by atoms with Crippen LogP contribution in [0.5, 0.6) is 0 Å². The van der Waals surface area contributed by atoms with E-state index in [2.05, 4.69) is 0 Å². The lowest BCUT2D eigenvalue weighted by molar-refractivity contribution is -0.134. The molecule has 1 atom stereocenters. The lowest BCUT2D eigenvalue weighted by Crippen LogP contribution is -2.49. The van der Waals surface area contributed by atoms with Crippen LogP contribution in [0.2, 0.25) is 0 Å². The van der Waals surface area contributed by atoms with Crippen LogP contribution in [0.1, 0.15) is 37.0 Å². The van der Waals surface area contributed by atoms with E-state index in [1.54, 1.807) is 4.90 Å². The van der Waals surface area contributed by atoms with Gasteiger partial charge in [-0.15, -0.1) is 0 Å². The SMILES string of the molecule is CC(C)[C@H](N)C(=O)N1CCC(C(=O)c2ccccc2)CC1. The van der Waals surface area contributed by atoms with Crippen molar-refractivity contribution < 1.29 is 9.59 Å². The van der Waals surface area contributed by atoms with Crippen molar-refractivity contribution >= 4 is 11.7 Å². The molecule has 21 heavy (non-hydrogen) atoms. The average Bonchev–Trinajstić information content (AvgIpc) is 2.53. The topological polar surface area (TPSA) is 63.4 Å². The Morgan fingerprint density at radius 2 is 1.71 bits per heavy atom. The molecule has 2 N–H and O–H groups in total. The minimum Gasteiger partial charge on any atom is -0.341 e. The molecule has 1 aromatic carbocycles. The highest BCUT2D eigenvalue weighted by Crippen LogP contribution is 2.22. The largest absolute Gasteiger partial charge is 0.341 e. The van der Waals surface area contributed by atoms with Crippen molar-refractivity contribution in [3.05, 3.63) is 35.9 Å². The van der Waals surface area contributed by atoms with E-state index in [0.29, 0.717) is 13.1 Å². The molecule has 4 heteroatoms. The second-order valence-electron chi connectivity index (χ2n) is 6.10. The first-order chi connectivity index (χ1) is 10.0. The van der Waals surface area contributed by atoms with E-state index in [1.807, 2.05) is 44.2 Å². The molecule has 1 heterocycles. The lowest BCUT2D eigenvalue weighted by Gasteiger charge is -2.33. The number of benzene rings is 1. The highest BCUT2D eigenvalue weighted by atomic mass is 16.2. The van der Waals surface area contributed by atoms with Gasteiger partial charge in [0.2, 0.25) is 5.91 Å². The van der Waals surface area contributed by atoms with Crippen LogP contribution in [-0.2, 0) is 4.79 Å². The highest BCUT2D eigenvalue weighted by Gasteiger charge is 2.30. The van der Waals surface area contributed by atoms with Crippen LogP contribution in [0.15, 0.2) is 30.3 Å². The smallest absolute Gasteiger partial charge is 0.239 e. The van der Waals surface area contributed by atoms with Crippen molar-refractivity contribution in [2.45, 2.75) is 32.7 Å². The molecule has 1 aliphatic heterocycles. The molecule has 0 saturated carbocycles. The Labute approximate surface area is 126 Å². The first kappa shape index (κ1) is 15.7. The maximum absolute atomic E-state index is 12.4. The lowest BCUT2D eigenvalue weighted by atomic mass is 9.88. The third-order valence-electron chi connectivity index (χ3n) is 4.24. The van der Waals surface area contributed by atoms with Gasteiger partial charge in [-0.3, -0.25) is 9.59 Å². The fourth-order valence-corrected chi connectivity index (χ4v) is 2.70. The Morgan fingerprint density at radius 3 is 2.24 bits per heavy atom. The zero-order valence-electron chi connectivity index (χ0n) is 12.8. The molecule has 1 fully saturated rings. The summed E-state index contributed by atoms with van der Waals surface area (Å²) in [6.07, 6.45) is 1.45. The molecule has 0 spiro atoms. The number of hydrogen-bond acceptors (Lipinski definition) is 3. The summed E-state index contributed by atoms with van der Waals surface area (Å²) in [7, 11) is 0. The quantitative estimate of drug-likeness (QED) is 0.863. The minimum atomic E-state index is -0.439. The zero-order valence-corrected chi connectivity index (χ0v) is 12.8. The van der Waals surface area contributed by atoms with Crippen molar-refractivity contribution in [2.24, 2.45) is 17.6 Å². The molecule has 1 amide bonds. The van der Waals surface area contributed by atoms with Crippen LogP contribution in [-0.4, -0.2) is 35.7 Å². The number of nitrogens with two attached hydrogens (primary N) is 1. The minimum absolute atomic E-state index is 0.00982. The number of piperidine rings is 1. The van der Waals surface area contributed by atoms with Crippen molar-refractivity contribution in [1.82, 2.24) is 4.90 Å². The molecule has 4 nitrogen and oxygen atoms in total. The highest BCUT2D eigenvalue weighted by molar-refractivity contribution is 5.98. The maximum Gasteiger partial charge on any atom is 0.239 e. The van der Waals surface area contributed by atoms with Crippen molar-refractivity contribution in [2.75, 3.05) is 13.1 Å². The van der Waals surface area contributed by atoms with E-state index < -0.39 is 6.04 Å². The van der Waals surface area contributed by atoms with E-state index in [1.165, 1.54) is 0 Å². The summed E-state index contributed by atoms with van der Waals surface area (Å²) in [4.78, 5) is 26.4. The predicted molar refractivity (Wildman–Crippen MR) is 82.9 cm³/mol. The Balaban J connectivity index is 1.92. The molecule has 0 radical (unpaired) electrons. The third-order valence-corrected chi connectivity index (χ3v) is 4.24. The average molecular weight is 288 g/mol. The molecular formula is C17H24N2O2. The van der Waals surface area contributed by atoms with Crippen LogP contribution in [0, 0.1) is 11.8 Å². The summed E-state index contributed by atoms with van der Waals surface area (Å²) in [6, 6.07) is 8.95. The number of ketones is 1. The number of nitrogens with zero attached hydrogens (tertiary/aromatic N) is 1. The van der Waals surface area contributed by atoms with Gasteiger partial charge < -0.3 is 10.6 Å². The number of rotatable bonds is 4. The summed E-state index contributed by atoms with van der Waals surface area (Å²) in [5.41, 5.74) is 6.68. The zero-order chi connectivity index (χ0) is 15.4. The van der Waals surface area contributed by atoms with Crippen molar-refractivity contribution in [3.8, 4) is 0 Å². The molecule has 1 aliphatic rings. The fourth-order valence-electron chi connectivity index (χ4n) is 2.70. The van der Waals surface area contributed by atoms with E-state index in [-0.39, 0.29) is 23.5 Å². The predicted octanol–water partition coefficient (Wildman–Crippen LogP) is 2.09. The van der Waals surface area contributed by atoms with Gasteiger partial charge in [0.1, 0.15) is 0 Å². The van der Waals surface area contributed by atoms with Crippen LogP contribution in [0.4, 0.5) is 0 Å². The van der Waals surface area contributed by atoms with E-state index in [9.17, 15) is 9.59 Å². The van der Waals surface area contributed by atoms with E-state index in [4.69, 9.17) is 5.73 Å². The first-order valence-corrected chi connectivity index (χ1v) is 7.64. The van der Waals surface area contributed by atoms with E-state index >= 15 is 0 Å². The summed E-state index contributed by atoms with van der Waals surface area (Å²) in [5, 5.41) is 0. The molecule has 2 rings (SSSR count). The summed E-state index contributed by atoms with van der Waals surface area (Å²) >= 11 is 0. The number of carbonyl (C=O) groups excluding carboxylic acids is 2. The van der Waals surface area contributed by atoms with Gasteiger partial charge in [0.05, 0.1) is 6.04 Å². The van der Waals surface area contributed by atoms with E-state index in [0.717, 1.165) is 18.4 Å². The standard InChI is InChI=1S/C17H24N2O2/c1-12(2)15(18)17(21)19-10-8-14(9-11-19)16(20)13-6-4-3-5-7-13/h3-7,12,14-15H,8-11,18H2,1-2H3/t15-/m0/s1. The van der Waals surface area contributed by atoms with Crippen LogP contribution < -0.4 is 5.73 Å². The molecule has 0 unspecified atom stereocenters. The molecule has 0 bridgehead atoms. The number of likely N-dealkylation sites (tertiary alicyclic amines) is 1. The third kappa shape index (κ3) is 3.70. The number of Topliss-reactive ketones (excluding diaryl/α,β-unsaturated/α-hetero) is 1. The monoisotopic (exact) mass is 288 g/mol. The maximum atomic E-state index is 12.4. The number of amides is 1. The van der Waals surface area contributed by atoms with Crippen LogP contribution >= 0.6 is 0 Å². The molecule has 114 valence electrons. The second kappa shape index (κ2) is 6.85. The number of hydrogen-bond donors (Lipinski definition) is 1. The summed E-state index contributed by atoms with van der Waals surface area (Å²) in [5.74, 6) is 0.361. The summed E-state index contributed by atoms with van der Waals surface area (Å²) in [6.45, 7) is 5.16. The Kier molecular flexibility index (Phi) is 5.12. The van der Waals surface area contributed by atoms with Gasteiger partial charge in [0.25, 0.3) is 0 Å². The Hall–Kier alpha value is -1.68. The van der Waals surface area contributed by atoms with Crippen molar-refractivity contribution in [1.29, 1.82) is 0 Å². The van der Waals surface area contributed by atoms with Gasteiger partial charge in [-0.1, -0.05) is 44.2 Å². The Morgan fingerprint density at radius 1 is 1.14 bits per heavy atom. The Bertz CT molecular complexity index is 491. The fraction of sp³-hybridized carbons (Fsp3) is 0.529. The molecule has 1 saturated heterocycles. The van der Waals surface area contributed by atoms with Gasteiger partial charge in [0, 0.05) is 24.6 Å². The van der Waals surface area contributed by atoms with Gasteiger partial charge in [-0.05, 0) is 18.8 Å². The van der Waals surface area contributed by atoms with Crippen molar-refractivity contribution in [3.63, 3.8) is 0 Å². The molecular weight excluding hydrogens is 264 g/mol. The number of carbonyl (C=O) groups is 2. The summed E-state index contributed by atoms with van der Waals surface area (Å²) < 4.78 is 0. The normalized spacial score (nSPS) is 17.8. The van der Waals surface area contributed by atoms with Gasteiger partial charge in [0.15, 0.2) is 5.78 Å².